The van der Waals surface area contributed by atoms with Crippen molar-refractivity contribution in [3.05, 3.63) is 90.1 Å². The van der Waals surface area contributed by atoms with E-state index in [4.69, 9.17) is 9.47 Å². The summed E-state index contributed by atoms with van der Waals surface area (Å²) in [6.07, 6.45) is 1.38. The molecule has 2 atom stereocenters. The van der Waals surface area contributed by atoms with Crippen LogP contribution in [0.5, 0.6) is 11.5 Å². The molecule has 0 saturated carbocycles. The number of Topliss-reactive ketones (excluding diaryl/α,β-unsaturated/α-hetero) is 1. The quantitative estimate of drug-likeness (QED) is 0.366. The molecule has 172 valence electrons. The van der Waals surface area contributed by atoms with Gasteiger partial charge in [0.25, 0.3) is 5.91 Å². The summed E-state index contributed by atoms with van der Waals surface area (Å²) in [5, 5.41) is 0.955. The summed E-state index contributed by atoms with van der Waals surface area (Å²) in [7, 11) is 1.70. The van der Waals surface area contributed by atoms with Gasteiger partial charge in [0.15, 0.2) is 11.9 Å². The summed E-state index contributed by atoms with van der Waals surface area (Å²) in [5.41, 5.74) is 3.16. The number of ketones is 1. The van der Waals surface area contributed by atoms with E-state index in [0.29, 0.717) is 23.6 Å². The van der Waals surface area contributed by atoms with Crippen molar-refractivity contribution in [1.29, 1.82) is 0 Å². The van der Waals surface area contributed by atoms with Crippen LogP contribution in [0.15, 0.2) is 79.0 Å². The van der Waals surface area contributed by atoms with Gasteiger partial charge in [-0.15, -0.1) is 0 Å². The number of carbonyl (C=O) groups excluding carboxylic acids is 2. The predicted molar refractivity (Wildman–Crippen MR) is 132 cm³/mol. The number of hydrogen-bond acceptors (Lipinski definition) is 4. The van der Waals surface area contributed by atoms with Gasteiger partial charge in [-0.2, -0.15) is 0 Å². The van der Waals surface area contributed by atoms with Crippen molar-refractivity contribution in [2.45, 2.75) is 32.6 Å². The number of aromatic nitrogens is 1. The highest BCUT2D eigenvalue weighted by Gasteiger charge is 2.30. The second kappa shape index (κ2) is 8.71. The lowest BCUT2D eigenvalue weighted by Gasteiger charge is -2.30. The van der Waals surface area contributed by atoms with Crippen LogP contribution in [0.25, 0.3) is 10.9 Å². The zero-order valence-electron chi connectivity index (χ0n) is 19.4. The van der Waals surface area contributed by atoms with Gasteiger partial charge in [0, 0.05) is 24.2 Å². The fourth-order valence-electron chi connectivity index (χ4n) is 4.39. The van der Waals surface area contributed by atoms with Crippen molar-refractivity contribution in [2.24, 2.45) is 0 Å². The Bertz CT molecular complexity index is 1380. The third kappa shape index (κ3) is 3.81. The van der Waals surface area contributed by atoms with E-state index < -0.39 is 12.1 Å². The number of amides is 1. The minimum Gasteiger partial charge on any atom is -0.488 e. The first-order valence-electron chi connectivity index (χ1n) is 11.3. The highest BCUT2D eigenvalue weighted by molar-refractivity contribution is 6.04. The van der Waals surface area contributed by atoms with Crippen LogP contribution in [0, 0.1) is 0 Å². The third-order valence-electron chi connectivity index (χ3n) is 6.34. The Labute approximate surface area is 198 Å². The van der Waals surface area contributed by atoms with Crippen molar-refractivity contribution in [1.82, 2.24) is 4.57 Å². The number of fused-ring (bicyclic) bond motifs is 2. The molecule has 0 N–H and O–H groups in total. The van der Waals surface area contributed by atoms with Crippen molar-refractivity contribution in [2.75, 3.05) is 11.9 Å². The third-order valence-corrected chi connectivity index (χ3v) is 6.34. The summed E-state index contributed by atoms with van der Waals surface area (Å²) in [6, 6.07) is 22.7. The van der Waals surface area contributed by atoms with E-state index in [1.165, 1.54) is 0 Å². The Morgan fingerprint density at radius 1 is 1.06 bits per heavy atom. The number of hydrogen-bond donors (Lipinski definition) is 0. The van der Waals surface area contributed by atoms with Crippen LogP contribution in [0.2, 0.25) is 0 Å². The lowest BCUT2D eigenvalue weighted by molar-refractivity contribution is -0.125. The van der Waals surface area contributed by atoms with Gasteiger partial charge in [0.2, 0.25) is 0 Å². The SMILES string of the molecule is CC1Oc2ccc(C(=O)C(C)n3ccc4c(OCc5ccccc5)cccc43)cc2N(C)C1=O. The van der Waals surface area contributed by atoms with Crippen LogP contribution in [-0.2, 0) is 11.4 Å². The average molecular weight is 455 g/mol. The molecule has 2 heterocycles. The molecule has 0 radical (unpaired) electrons. The number of nitrogens with zero attached hydrogens (tertiary/aromatic N) is 2. The van der Waals surface area contributed by atoms with Crippen LogP contribution in [0.1, 0.15) is 35.8 Å². The smallest absolute Gasteiger partial charge is 0.267 e. The number of anilines is 1. The molecule has 0 spiro atoms. The monoisotopic (exact) mass is 454 g/mol. The van der Waals surface area contributed by atoms with Crippen LogP contribution >= 0.6 is 0 Å². The molecule has 6 heteroatoms. The molecule has 2 unspecified atom stereocenters. The fraction of sp³-hybridized carbons (Fsp3) is 0.214. The van der Waals surface area contributed by atoms with E-state index in [9.17, 15) is 9.59 Å². The molecule has 0 aliphatic carbocycles. The van der Waals surface area contributed by atoms with Gasteiger partial charge in [0.05, 0.1) is 17.2 Å². The molecule has 6 nitrogen and oxygen atoms in total. The number of ether oxygens (including phenoxy) is 2. The molecular formula is C28H26N2O4. The maximum atomic E-state index is 13.4. The molecular weight excluding hydrogens is 428 g/mol. The van der Waals surface area contributed by atoms with E-state index in [-0.39, 0.29) is 11.7 Å². The standard InChI is InChI=1S/C28H26N2O4/c1-18(27(31)21-12-13-26-24(16-21)29(3)28(32)19(2)34-26)30-15-14-22-23(30)10-7-11-25(22)33-17-20-8-5-4-6-9-20/h4-16,18-19H,17H2,1-3H3. The van der Waals surface area contributed by atoms with Crippen molar-refractivity contribution in [3.8, 4) is 11.5 Å². The Kier molecular flexibility index (Phi) is 5.57. The van der Waals surface area contributed by atoms with Crippen molar-refractivity contribution < 1.29 is 19.1 Å². The summed E-state index contributed by atoms with van der Waals surface area (Å²) >= 11 is 0. The fourth-order valence-corrected chi connectivity index (χ4v) is 4.39. The van der Waals surface area contributed by atoms with Crippen LogP contribution in [0.4, 0.5) is 5.69 Å². The number of likely N-dealkylation sites (N-methyl/N-ethyl adjacent to an activating group) is 1. The summed E-state index contributed by atoms with van der Waals surface area (Å²) in [4.78, 5) is 27.3. The Morgan fingerprint density at radius 2 is 1.85 bits per heavy atom. The minimum atomic E-state index is -0.539. The maximum absolute atomic E-state index is 13.4. The molecule has 1 amide bonds. The summed E-state index contributed by atoms with van der Waals surface area (Å²) < 4.78 is 13.7. The predicted octanol–water partition coefficient (Wildman–Crippen LogP) is 5.41. The number of rotatable bonds is 6. The zero-order chi connectivity index (χ0) is 23.8. The zero-order valence-corrected chi connectivity index (χ0v) is 19.4. The molecule has 5 rings (SSSR count). The van der Waals surface area contributed by atoms with Gasteiger partial charge >= 0.3 is 0 Å². The molecule has 34 heavy (non-hydrogen) atoms. The van der Waals surface area contributed by atoms with Gasteiger partial charge < -0.3 is 18.9 Å². The molecule has 0 saturated heterocycles. The van der Waals surface area contributed by atoms with E-state index >= 15 is 0 Å². The number of benzene rings is 3. The number of carbonyl (C=O) groups is 2. The second-order valence-electron chi connectivity index (χ2n) is 8.57. The van der Waals surface area contributed by atoms with E-state index in [1.54, 1.807) is 37.1 Å². The van der Waals surface area contributed by atoms with Gasteiger partial charge in [-0.05, 0) is 55.8 Å². The first-order valence-corrected chi connectivity index (χ1v) is 11.3. The van der Waals surface area contributed by atoms with E-state index in [1.807, 2.05) is 72.3 Å². The minimum absolute atomic E-state index is 0.0459. The highest BCUT2D eigenvalue weighted by atomic mass is 16.5. The van der Waals surface area contributed by atoms with Crippen LogP contribution in [0.3, 0.4) is 0 Å². The Balaban J connectivity index is 1.41. The molecule has 1 aliphatic heterocycles. The maximum Gasteiger partial charge on any atom is 0.267 e. The summed E-state index contributed by atoms with van der Waals surface area (Å²) in [5.74, 6) is 1.20. The van der Waals surface area contributed by atoms with Gasteiger partial charge in [-0.1, -0.05) is 36.4 Å². The Morgan fingerprint density at radius 3 is 2.65 bits per heavy atom. The molecule has 4 aromatic rings. The van der Waals surface area contributed by atoms with Crippen LogP contribution in [-0.4, -0.2) is 29.4 Å². The van der Waals surface area contributed by atoms with Gasteiger partial charge in [-0.25, -0.2) is 0 Å². The largest absolute Gasteiger partial charge is 0.488 e. The van der Waals surface area contributed by atoms with E-state index in [2.05, 4.69) is 0 Å². The van der Waals surface area contributed by atoms with Crippen molar-refractivity contribution >= 4 is 28.3 Å². The van der Waals surface area contributed by atoms with Crippen molar-refractivity contribution in [3.63, 3.8) is 0 Å². The molecule has 0 fully saturated rings. The van der Waals surface area contributed by atoms with Gasteiger partial charge in [-0.3, -0.25) is 9.59 Å². The lowest BCUT2D eigenvalue weighted by Crippen LogP contribution is -2.42. The average Bonchev–Trinajstić information content (AvgIpc) is 3.30. The molecule has 0 bridgehead atoms. The summed E-state index contributed by atoms with van der Waals surface area (Å²) in [6.45, 7) is 4.08. The van der Waals surface area contributed by atoms with Crippen LogP contribution < -0.4 is 14.4 Å². The normalized spacial score (nSPS) is 16.1. The first kappa shape index (κ1) is 21.8. The lowest BCUT2D eigenvalue weighted by atomic mass is 10.0. The van der Waals surface area contributed by atoms with Gasteiger partial charge in [0.1, 0.15) is 18.1 Å². The first-order chi connectivity index (χ1) is 16.4. The van der Waals surface area contributed by atoms with E-state index in [0.717, 1.165) is 22.2 Å². The molecule has 3 aromatic carbocycles. The molecule has 1 aliphatic rings. The highest BCUT2D eigenvalue weighted by Crippen LogP contribution is 2.35. The second-order valence-corrected chi connectivity index (χ2v) is 8.57. The molecule has 1 aromatic heterocycles. The Hall–Kier alpha value is -4.06. The topological polar surface area (TPSA) is 60.8 Å².